The van der Waals surface area contributed by atoms with E-state index < -0.39 is 6.10 Å². The van der Waals surface area contributed by atoms with E-state index in [1.807, 2.05) is 30.3 Å². The van der Waals surface area contributed by atoms with Crippen LogP contribution in [0.15, 0.2) is 36.9 Å². The van der Waals surface area contributed by atoms with E-state index in [9.17, 15) is 5.11 Å². The number of methoxy groups -OCH3 is 1. The zero-order chi connectivity index (χ0) is 14.8. The van der Waals surface area contributed by atoms with Crippen molar-refractivity contribution in [2.24, 2.45) is 0 Å². The lowest BCUT2D eigenvalue weighted by Gasteiger charge is -2.23. The highest BCUT2D eigenvalue weighted by atomic mass is 16.5. The molecule has 0 amide bonds. The zero-order valence-electron chi connectivity index (χ0n) is 12.1. The largest absolute Gasteiger partial charge is 0.497 e. The topological polar surface area (TPSA) is 61.7 Å². The third kappa shape index (κ3) is 5.74. The van der Waals surface area contributed by atoms with Gasteiger partial charge in [0.1, 0.15) is 5.75 Å². The van der Waals surface area contributed by atoms with Crippen molar-refractivity contribution in [3.8, 4) is 5.75 Å². The number of unbranched alkanes of at least 4 members (excludes halogenated alkanes) is 1. The van der Waals surface area contributed by atoms with Crippen LogP contribution in [0.25, 0.3) is 0 Å². The fourth-order valence-corrected chi connectivity index (χ4v) is 2.03. The van der Waals surface area contributed by atoms with E-state index >= 15 is 0 Å². The summed E-state index contributed by atoms with van der Waals surface area (Å²) in [4.78, 5) is 0. The van der Waals surface area contributed by atoms with Crippen LogP contribution in [-0.2, 0) is 6.54 Å². The SMILES string of the molecule is C=CCCC[C@H](NCc1ccc(OC)cc1)[C@H](O)CO. The molecule has 1 aromatic rings. The summed E-state index contributed by atoms with van der Waals surface area (Å²) in [7, 11) is 1.64. The van der Waals surface area contributed by atoms with Gasteiger partial charge in [0.15, 0.2) is 0 Å². The Balaban J connectivity index is 2.48. The normalized spacial score (nSPS) is 13.8. The average Bonchev–Trinajstić information content (AvgIpc) is 2.50. The summed E-state index contributed by atoms with van der Waals surface area (Å²) in [5, 5.41) is 22.2. The fraction of sp³-hybridized carbons (Fsp3) is 0.500. The summed E-state index contributed by atoms with van der Waals surface area (Å²) in [6.45, 7) is 4.11. The van der Waals surface area contributed by atoms with Gasteiger partial charge in [-0.05, 0) is 37.0 Å². The molecular weight excluding hydrogens is 254 g/mol. The molecule has 0 unspecified atom stereocenters. The van der Waals surface area contributed by atoms with Crippen LogP contribution < -0.4 is 10.1 Å². The number of hydrogen-bond donors (Lipinski definition) is 3. The Bertz CT molecular complexity index is 378. The Hall–Kier alpha value is -1.36. The van der Waals surface area contributed by atoms with Crippen molar-refractivity contribution in [3.63, 3.8) is 0 Å². The Labute approximate surface area is 121 Å². The quantitative estimate of drug-likeness (QED) is 0.452. The third-order valence-electron chi connectivity index (χ3n) is 3.30. The van der Waals surface area contributed by atoms with Gasteiger partial charge in [-0.2, -0.15) is 0 Å². The van der Waals surface area contributed by atoms with Crippen LogP contribution in [0.5, 0.6) is 5.75 Å². The number of nitrogens with one attached hydrogen (secondary N) is 1. The van der Waals surface area contributed by atoms with Gasteiger partial charge in [-0.1, -0.05) is 18.2 Å². The van der Waals surface area contributed by atoms with E-state index in [0.717, 1.165) is 30.6 Å². The first-order valence-electron chi connectivity index (χ1n) is 6.97. The predicted octanol–water partition coefficient (Wildman–Crippen LogP) is 1.86. The number of benzene rings is 1. The summed E-state index contributed by atoms with van der Waals surface area (Å²) in [5.74, 6) is 0.826. The molecule has 0 heterocycles. The third-order valence-corrected chi connectivity index (χ3v) is 3.30. The van der Waals surface area contributed by atoms with E-state index in [0.29, 0.717) is 6.54 Å². The Morgan fingerprint density at radius 1 is 1.35 bits per heavy atom. The molecule has 4 heteroatoms. The molecule has 1 aromatic carbocycles. The van der Waals surface area contributed by atoms with Crippen molar-refractivity contribution in [2.75, 3.05) is 13.7 Å². The maximum atomic E-state index is 9.82. The van der Waals surface area contributed by atoms with Gasteiger partial charge in [0.25, 0.3) is 0 Å². The molecule has 0 fully saturated rings. The molecule has 0 aromatic heterocycles. The van der Waals surface area contributed by atoms with Crippen LogP contribution in [0, 0.1) is 0 Å². The summed E-state index contributed by atoms with van der Waals surface area (Å²) in [6.07, 6.45) is 3.80. The molecule has 0 aliphatic carbocycles. The number of aliphatic hydroxyl groups excluding tert-OH is 2. The molecule has 0 bridgehead atoms. The number of aliphatic hydroxyl groups is 2. The van der Waals surface area contributed by atoms with E-state index in [-0.39, 0.29) is 12.6 Å². The van der Waals surface area contributed by atoms with Crippen molar-refractivity contribution in [2.45, 2.75) is 38.0 Å². The van der Waals surface area contributed by atoms with Crippen LogP contribution in [0.3, 0.4) is 0 Å². The average molecular weight is 279 g/mol. The Kier molecular flexibility index (Phi) is 7.95. The van der Waals surface area contributed by atoms with Crippen LogP contribution in [0.4, 0.5) is 0 Å². The molecule has 2 atom stereocenters. The molecule has 1 rings (SSSR count). The number of hydrogen-bond acceptors (Lipinski definition) is 4. The van der Waals surface area contributed by atoms with Crippen LogP contribution in [0.1, 0.15) is 24.8 Å². The van der Waals surface area contributed by atoms with Crippen molar-refractivity contribution in [1.29, 1.82) is 0 Å². The van der Waals surface area contributed by atoms with Crippen molar-refractivity contribution < 1.29 is 14.9 Å². The van der Waals surface area contributed by atoms with Crippen LogP contribution in [0.2, 0.25) is 0 Å². The predicted molar refractivity (Wildman–Crippen MR) is 80.8 cm³/mol. The standard InChI is InChI=1S/C16H25NO3/c1-3-4-5-6-15(16(19)12-18)17-11-13-7-9-14(20-2)10-8-13/h3,7-10,15-19H,1,4-6,11-12H2,2H3/t15-,16+/m0/s1. The Morgan fingerprint density at radius 2 is 2.05 bits per heavy atom. The monoisotopic (exact) mass is 279 g/mol. The second kappa shape index (κ2) is 9.53. The summed E-state index contributed by atoms with van der Waals surface area (Å²) < 4.78 is 5.11. The molecular formula is C16H25NO3. The molecule has 0 saturated heterocycles. The molecule has 4 nitrogen and oxygen atoms in total. The van der Waals surface area contributed by atoms with Gasteiger partial charge in [-0.3, -0.25) is 0 Å². The van der Waals surface area contributed by atoms with E-state index in [4.69, 9.17) is 9.84 Å². The van der Waals surface area contributed by atoms with Crippen molar-refractivity contribution in [3.05, 3.63) is 42.5 Å². The molecule has 0 aliphatic heterocycles. The molecule has 112 valence electrons. The number of rotatable bonds is 10. The molecule has 0 spiro atoms. The molecule has 3 N–H and O–H groups in total. The van der Waals surface area contributed by atoms with Crippen LogP contribution in [-0.4, -0.2) is 36.1 Å². The smallest absolute Gasteiger partial charge is 0.118 e. The van der Waals surface area contributed by atoms with Crippen molar-refractivity contribution >= 4 is 0 Å². The van der Waals surface area contributed by atoms with E-state index in [1.54, 1.807) is 7.11 Å². The fourth-order valence-electron chi connectivity index (χ4n) is 2.03. The highest BCUT2D eigenvalue weighted by Gasteiger charge is 2.17. The molecule has 0 aliphatic rings. The van der Waals surface area contributed by atoms with Gasteiger partial charge in [0.2, 0.25) is 0 Å². The van der Waals surface area contributed by atoms with Crippen LogP contribution >= 0.6 is 0 Å². The van der Waals surface area contributed by atoms with Gasteiger partial charge in [0, 0.05) is 12.6 Å². The van der Waals surface area contributed by atoms with Gasteiger partial charge in [-0.15, -0.1) is 6.58 Å². The minimum atomic E-state index is -0.738. The second-order valence-corrected chi connectivity index (χ2v) is 4.80. The lowest BCUT2D eigenvalue weighted by atomic mass is 10.0. The lowest BCUT2D eigenvalue weighted by Crippen LogP contribution is -2.41. The second-order valence-electron chi connectivity index (χ2n) is 4.80. The first kappa shape index (κ1) is 16.7. The molecule has 0 saturated carbocycles. The summed E-state index contributed by atoms with van der Waals surface area (Å²) >= 11 is 0. The minimum Gasteiger partial charge on any atom is -0.497 e. The first-order valence-corrected chi connectivity index (χ1v) is 6.97. The maximum Gasteiger partial charge on any atom is 0.118 e. The molecule has 20 heavy (non-hydrogen) atoms. The number of allylic oxidation sites excluding steroid dienone is 1. The lowest BCUT2D eigenvalue weighted by molar-refractivity contribution is 0.0588. The van der Waals surface area contributed by atoms with Gasteiger partial charge < -0.3 is 20.3 Å². The van der Waals surface area contributed by atoms with Gasteiger partial charge >= 0.3 is 0 Å². The Morgan fingerprint density at radius 3 is 2.60 bits per heavy atom. The summed E-state index contributed by atoms with van der Waals surface area (Å²) in [5.41, 5.74) is 1.12. The van der Waals surface area contributed by atoms with Crippen molar-refractivity contribution in [1.82, 2.24) is 5.32 Å². The minimum absolute atomic E-state index is 0.109. The maximum absolute atomic E-state index is 9.82. The number of ether oxygens (including phenoxy) is 1. The van der Waals surface area contributed by atoms with E-state index in [2.05, 4.69) is 11.9 Å². The first-order chi connectivity index (χ1) is 9.71. The molecule has 0 radical (unpaired) electrons. The highest BCUT2D eigenvalue weighted by molar-refractivity contribution is 5.27. The highest BCUT2D eigenvalue weighted by Crippen LogP contribution is 2.12. The van der Waals surface area contributed by atoms with E-state index in [1.165, 1.54) is 0 Å². The van der Waals surface area contributed by atoms with Gasteiger partial charge in [-0.25, -0.2) is 0 Å². The van der Waals surface area contributed by atoms with Gasteiger partial charge in [0.05, 0.1) is 19.8 Å². The summed E-state index contributed by atoms with van der Waals surface area (Å²) in [6, 6.07) is 7.68. The zero-order valence-corrected chi connectivity index (χ0v) is 12.1.